The number of nitrogens with zero attached hydrogens (tertiary/aromatic N) is 1. The minimum Gasteiger partial charge on any atom is -0.480 e. The number of carboxylic acids is 1. The Morgan fingerprint density at radius 3 is 2.47 bits per heavy atom. The van der Waals surface area contributed by atoms with E-state index in [-0.39, 0.29) is 19.0 Å². The van der Waals surface area contributed by atoms with Gasteiger partial charge in [-0.3, -0.25) is 9.69 Å². The van der Waals surface area contributed by atoms with Gasteiger partial charge in [-0.25, -0.2) is 0 Å². The third kappa shape index (κ3) is 6.10. The van der Waals surface area contributed by atoms with Crippen LogP contribution in [0.3, 0.4) is 0 Å². The van der Waals surface area contributed by atoms with Gasteiger partial charge in [0.15, 0.2) is 0 Å². The smallest absolute Gasteiger partial charge is 0.317 e. The Labute approximate surface area is 96.1 Å². The normalized spacial score (nSPS) is 9.73. The Morgan fingerprint density at radius 1 is 1.33 bits per heavy atom. The van der Waals surface area contributed by atoms with Crippen LogP contribution in [0.25, 0.3) is 0 Å². The second kappa shape index (κ2) is 7.26. The number of likely N-dealkylation sites (N-methyl/N-ethyl adjacent to an activating group) is 1. The molecule has 0 bridgehead atoms. The molecule has 4 heteroatoms. The summed E-state index contributed by atoms with van der Waals surface area (Å²) in [4.78, 5) is 12.2. The van der Waals surface area contributed by atoms with Crippen LogP contribution in [0.15, 0.2) is 30.3 Å². The third-order valence-electron chi connectivity index (χ3n) is 2.03. The van der Waals surface area contributed by atoms with Crippen LogP contribution in [0.4, 0.5) is 0 Å². The molecule has 15 heavy (non-hydrogen) atoms. The molecule has 0 saturated carbocycles. The van der Waals surface area contributed by atoms with Crippen LogP contribution in [0.1, 0.15) is 5.56 Å². The first-order valence-corrected chi connectivity index (χ1v) is 4.63. The van der Waals surface area contributed by atoms with Crippen molar-refractivity contribution < 1.29 is 9.90 Å². The maximum absolute atomic E-state index is 10.4. The summed E-state index contributed by atoms with van der Waals surface area (Å²) in [5.74, 6) is -0.777. The van der Waals surface area contributed by atoms with Gasteiger partial charge in [0.25, 0.3) is 0 Å². The summed E-state index contributed by atoms with van der Waals surface area (Å²) in [5, 5.41) is 8.54. The van der Waals surface area contributed by atoms with Crippen molar-refractivity contribution in [3.8, 4) is 0 Å². The van der Waals surface area contributed by atoms with Crippen LogP contribution in [0, 0.1) is 0 Å². The maximum Gasteiger partial charge on any atom is 0.317 e. The molecule has 1 N–H and O–H groups in total. The van der Waals surface area contributed by atoms with E-state index in [1.165, 1.54) is 5.56 Å². The summed E-state index contributed by atoms with van der Waals surface area (Å²) < 4.78 is 0. The second-order valence-corrected chi connectivity index (χ2v) is 3.37. The molecule has 1 rings (SSSR count). The van der Waals surface area contributed by atoms with Gasteiger partial charge in [0.05, 0.1) is 6.54 Å². The Morgan fingerprint density at radius 2 is 1.93 bits per heavy atom. The number of carbonyl (C=O) groups is 1. The zero-order chi connectivity index (χ0) is 10.4. The number of aliphatic carboxylic acids is 1. The number of benzene rings is 1. The number of hydrogen-bond acceptors (Lipinski definition) is 2. The van der Waals surface area contributed by atoms with Crippen LogP contribution in [-0.4, -0.2) is 36.1 Å². The molecule has 0 saturated heterocycles. The first-order chi connectivity index (χ1) is 6.68. The lowest BCUT2D eigenvalue weighted by Crippen LogP contribution is -2.27. The van der Waals surface area contributed by atoms with Crippen molar-refractivity contribution in [1.82, 2.24) is 4.90 Å². The van der Waals surface area contributed by atoms with Gasteiger partial charge >= 0.3 is 5.97 Å². The van der Waals surface area contributed by atoms with E-state index in [1.807, 2.05) is 25.2 Å². The molecule has 84 valence electrons. The van der Waals surface area contributed by atoms with E-state index < -0.39 is 5.97 Å². The molecule has 0 aromatic heterocycles. The molecule has 0 heterocycles. The van der Waals surface area contributed by atoms with Crippen LogP contribution in [-0.2, 0) is 11.2 Å². The Bertz CT molecular complexity index is 290. The van der Waals surface area contributed by atoms with Gasteiger partial charge in [0.1, 0.15) is 0 Å². The van der Waals surface area contributed by atoms with Crippen LogP contribution in [0.5, 0.6) is 0 Å². The Hall–Kier alpha value is -1.06. The average Bonchev–Trinajstić information content (AvgIpc) is 2.15. The first kappa shape index (κ1) is 13.9. The number of rotatable bonds is 5. The van der Waals surface area contributed by atoms with Crippen molar-refractivity contribution in [3.05, 3.63) is 35.9 Å². The van der Waals surface area contributed by atoms with Crippen molar-refractivity contribution in [1.29, 1.82) is 0 Å². The molecule has 0 unspecified atom stereocenters. The van der Waals surface area contributed by atoms with E-state index in [2.05, 4.69) is 12.1 Å². The van der Waals surface area contributed by atoms with Crippen molar-refractivity contribution in [2.75, 3.05) is 20.1 Å². The SMILES string of the molecule is CN(CCc1ccccc1)CC(=O)O.Cl. The number of carboxylic acid groups (broad SMARTS) is 1. The van der Waals surface area contributed by atoms with Gasteiger partial charge in [0.2, 0.25) is 0 Å². The molecule has 1 aromatic rings. The Kier molecular flexibility index (Phi) is 6.75. The van der Waals surface area contributed by atoms with E-state index in [0.717, 1.165) is 13.0 Å². The zero-order valence-electron chi connectivity index (χ0n) is 8.72. The molecule has 0 aliphatic rings. The van der Waals surface area contributed by atoms with Gasteiger partial charge < -0.3 is 5.11 Å². The molecular formula is C11H16ClNO2. The standard InChI is InChI=1S/C11H15NO2.ClH/c1-12(9-11(13)14)8-7-10-5-3-2-4-6-10;/h2-6H,7-9H2,1H3,(H,13,14);1H. The van der Waals surface area contributed by atoms with Crippen molar-refractivity contribution in [3.63, 3.8) is 0 Å². The van der Waals surface area contributed by atoms with Crippen molar-refractivity contribution >= 4 is 18.4 Å². The highest BCUT2D eigenvalue weighted by Gasteiger charge is 2.03. The molecule has 0 aliphatic carbocycles. The average molecular weight is 230 g/mol. The fourth-order valence-electron chi connectivity index (χ4n) is 1.27. The largest absolute Gasteiger partial charge is 0.480 e. The van der Waals surface area contributed by atoms with Gasteiger partial charge in [-0.15, -0.1) is 12.4 Å². The molecule has 1 aromatic carbocycles. The predicted molar refractivity (Wildman–Crippen MR) is 62.5 cm³/mol. The summed E-state index contributed by atoms with van der Waals surface area (Å²) in [6, 6.07) is 10.1. The lowest BCUT2D eigenvalue weighted by atomic mass is 10.1. The number of halogens is 1. The van der Waals surface area contributed by atoms with Crippen LogP contribution >= 0.6 is 12.4 Å². The highest BCUT2D eigenvalue weighted by molar-refractivity contribution is 5.85. The van der Waals surface area contributed by atoms with Gasteiger partial charge in [-0.1, -0.05) is 30.3 Å². The van der Waals surface area contributed by atoms with Crippen LogP contribution in [0.2, 0.25) is 0 Å². The highest BCUT2D eigenvalue weighted by atomic mass is 35.5. The van der Waals surface area contributed by atoms with E-state index in [4.69, 9.17) is 5.11 Å². The fraction of sp³-hybridized carbons (Fsp3) is 0.364. The highest BCUT2D eigenvalue weighted by Crippen LogP contribution is 2.00. The van der Waals surface area contributed by atoms with Gasteiger partial charge in [0, 0.05) is 6.54 Å². The van der Waals surface area contributed by atoms with E-state index >= 15 is 0 Å². The maximum atomic E-state index is 10.4. The quantitative estimate of drug-likeness (QED) is 0.835. The molecule has 0 radical (unpaired) electrons. The molecule has 0 atom stereocenters. The van der Waals surface area contributed by atoms with E-state index in [0.29, 0.717) is 0 Å². The molecule has 0 spiro atoms. The summed E-state index contributed by atoms with van der Waals surface area (Å²) in [7, 11) is 1.82. The predicted octanol–water partition coefficient (Wildman–Crippen LogP) is 1.67. The fourth-order valence-corrected chi connectivity index (χ4v) is 1.27. The van der Waals surface area contributed by atoms with Crippen LogP contribution < -0.4 is 0 Å². The van der Waals surface area contributed by atoms with Crippen molar-refractivity contribution in [2.45, 2.75) is 6.42 Å². The minimum absolute atomic E-state index is 0. The van der Waals surface area contributed by atoms with Gasteiger partial charge in [-0.05, 0) is 19.0 Å². The minimum atomic E-state index is -0.777. The van der Waals surface area contributed by atoms with E-state index in [9.17, 15) is 4.79 Å². The molecule has 0 aliphatic heterocycles. The first-order valence-electron chi connectivity index (χ1n) is 4.63. The molecular weight excluding hydrogens is 214 g/mol. The monoisotopic (exact) mass is 229 g/mol. The molecule has 3 nitrogen and oxygen atoms in total. The second-order valence-electron chi connectivity index (χ2n) is 3.37. The Balaban J connectivity index is 0.00000196. The summed E-state index contributed by atoms with van der Waals surface area (Å²) in [6.07, 6.45) is 0.893. The van der Waals surface area contributed by atoms with Crippen molar-refractivity contribution in [2.24, 2.45) is 0 Å². The molecule has 0 amide bonds. The topological polar surface area (TPSA) is 40.5 Å². The van der Waals surface area contributed by atoms with Gasteiger partial charge in [-0.2, -0.15) is 0 Å². The summed E-state index contributed by atoms with van der Waals surface area (Å²) in [5.41, 5.74) is 1.24. The lowest BCUT2D eigenvalue weighted by Gasteiger charge is -2.13. The summed E-state index contributed by atoms with van der Waals surface area (Å²) >= 11 is 0. The lowest BCUT2D eigenvalue weighted by molar-refractivity contribution is -0.137. The summed E-state index contributed by atoms with van der Waals surface area (Å²) in [6.45, 7) is 0.878. The molecule has 0 fully saturated rings. The number of hydrogen-bond donors (Lipinski definition) is 1. The third-order valence-corrected chi connectivity index (χ3v) is 2.03. The zero-order valence-corrected chi connectivity index (χ0v) is 9.54. The van der Waals surface area contributed by atoms with E-state index in [1.54, 1.807) is 4.90 Å².